The number of hydrogen-bond donors (Lipinski definition) is 2. The fraction of sp³-hybridized carbons (Fsp3) is 0.280. The van der Waals surface area contributed by atoms with Crippen molar-refractivity contribution in [1.29, 1.82) is 0 Å². The molecule has 178 valence electrons. The first-order valence-electron chi connectivity index (χ1n) is 11.0. The lowest BCUT2D eigenvalue weighted by atomic mass is 9.72. The Morgan fingerprint density at radius 2 is 1.74 bits per heavy atom. The second kappa shape index (κ2) is 9.82. The molecule has 34 heavy (non-hydrogen) atoms. The third kappa shape index (κ3) is 5.05. The van der Waals surface area contributed by atoms with Crippen LogP contribution >= 0.6 is 0 Å². The van der Waals surface area contributed by atoms with Crippen molar-refractivity contribution in [3.63, 3.8) is 0 Å². The van der Waals surface area contributed by atoms with Crippen LogP contribution in [-0.2, 0) is 31.6 Å². The third-order valence-electron chi connectivity index (χ3n) is 6.24. The lowest BCUT2D eigenvalue weighted by molar-refractivity contribution is -0.133. The number of carbonyl (C=O) groups excluding carboxylic acids is 2. The molecule has 1 saturated heterocycles. The van der Waals surface area contributed by atoms with Gasteiger partial charge in [0.05, 0.1) is 23.1 Å². The minimum Gasteiger partial charge on any atom is -0.468 e. The number of nitrogens with zero attached hydrogens (tertiary/aromatic N) is 1. The summed E-state index contributed by atoms with van der Waals surface area (Å²) in [4.78, 5) is 27.2. The average Bonchev–Trinajstić information content (AvgIpc) is 3.37. The molecular weight excluding hydrogens is 454 g/mol. The van der Waals surface area contributed by atoms with Crippen molar-refractivity contribution in [3.05, 3.63) is 84.3 Å². The van der Waals surface area contributed by atoms with Crippen LogP contribution in [0.1, 0.15) is 31.1 Å². The van der Waals surface area contributed by atoms with Crippen molar-refractivity contribution in [3.8, 4) is 0 Å². The van der Waals surface area contributed by atoms with Crippen LogP contribution in [0.3, 0.4) is 0 Å². The summed E-state index contributed by atoms with van der Waals surface area (Å²) in [5.41, 5.74) is 0.439. The number of carbonyl (C=O) groups is 2. The zero-order valence-electron chi connectivity index (χ0n) is 18.9. The predicted molar refractivity (Wildman–Crippen MR) is 127 cm³/mol. The molecule has 2 amide bonds. The van der Waals surface area contributed by atoms with E-state index in [2.05, 4.69) is 10.0 Å². The van der Waals surface area contributed by atoms with Crippen LogP contribution in [0.2, 0.25) is 0 Å². The first kappa shape index (κ1) is 23.7. The van der Waals surface area contributed by atoms with E-state index in [4.69, 9.17) is 4.42 Å². The number of furan rings is 1. The average molecular weight is 482 g/mol. The van der Waals surface area contributed by atoms with E-state index in [1.807, 2.05) is 30.3 Å². The molecule has 9 heteroatoms. The summed E-state index contributed by atoms with van der Waals surface area (Å²) in [5, 5.41) is 2.92. The van der Waals surface area contributed by atoms with E-state index >= 15 is 0 Å². The molecule has 1 fully saturated rings. The number of anilines is 1. The maximum atomic E-state index is 13.6. The summed E-state index contributed by atoms with van der Waals surface area (Å²) >= 11 is 0. The molecule has 0 spiro atoms. The summed E-state index contributed by atoms with van der Waals surface area (Å²) in [6.07, 6.45) is 2.43. The van der Waals surface area contributed by atoms with E-state index < -0.39 is 15.4 Å². The van der Waals surface area contributed by atoms with Crippen LogP contribution in [0.5, 0.6) is 0 Å². The summed E-state index contributed by atoms with van der Waals surface area (Å²) in [5.74, 6) is 0.261. The van der Waals surface area contributed by atoms with Crippen molar-refractivity contribution in [2.24, 2.45) is 0 Å². The summed E-state index contributed by atoms with van der Waals surface area (Å²) < 4.78 is 33.2. The van der Waals surface area contributed by atoms with E-state index in [-0.39, 0.29) is 23.3 Å². The van der Waals surface area contributed by atoms with Crippen LogP contribution in [0, 0.1) is 0 Å². The normalized spacial score (nSPS) is 15.6. The van der Waals surface area contributed by atoms with Gasteiger partial charge in [0, 0.05) is 25.7 Å². The smallest absolute Gasteiger partial charge is 0.241 e. The topological polar surface area (TPSA) is 109 Å². The van der Waals surface area contributed by atoms with Gasteiger partial charge in [0.2, 0.25) is 21.8 Å². The zero-order valence-corrected chi connectivity index (χ0v) is 19.7. The van der Waals surface area contributed by atoms with Crippen molar-refractivity contribution in [2.75, 3.05) is 18.4 Å². The predicted octanol–water partition coefficient (Wildman–Crippen LogP) is 3.28. The second-order valence-corrected chi connectivity index (χ2v) is 10.1. The van der Waals surface area contributed by atoms with Gasteiger partial charge in [-0.3, -0.25) is 9.59 Å². The largest absolute Gasteiger partial charge is 0.468 e. The van der Waals surface area contributed by atoms with Gasteiger partial charge in [0.15, 0.2) is 0 Å². The van der Waals surface area contributed by atoms with Crippen molar-refractivity contribution < 1.29 is 22.4 Å². The molecule has 0 unspecified atom stereocenters. The van der Waals surface area contributed by atoms with Crippen LogP contribution in [-0.4, -0.2) is 38.2 Å². The third-order valence-corrected chi connectivity index (χ3v) is 7.64. The second-order valence-electron chi connectivity index (χ2n) is 8.34. The number of likely N-dealkylation sites (tertiary alicyclic amines) is 1. The Kier molecular flexibility index (Phi) is 6.85. The van der Waals surface area contributed by atoms with Gasteiger partial charge in [-0.15, -0.1) is 0 Å². The van der Waals surface area contributed by atoms with Gasteiger partial charge >= 0.3 is 0 Å². The van der Waals surface area contributed by atoms with Crippen LogP contribution < -0.4 is 10.0 Å². The first-order chi connectivity index (χ1) is 16.3. The van der Waals surface area contributed by atoms with Crippen LogP contribution in [0.15, 0.2) is 82.3 Å². The van der Waals surface area contributed by atoms with E-state index in [0.717, 1.165) is 5.56 Å². The number of hydrogen-bond acceptors (Lipinski definition) is 5. The van der Waals surface area contributed by atoms with Crippen molar-refractivity contribution in [2.45, 2.75) is 36.6 Å². The summed E-state index contributed by atoms with van der Waals surface area (Å²) in [6.45, 7) is 2.50. The van der Waals surface area contributed by atoms with Crippen LogP contribution in [0.4, 0.5) is 5.69 Å². The van der Waals surface area contributed by atoms with E-state index in [0.29, 0.717) is 37.4 Å². The molecule has 1 aliphatic heterocycles. The molecule has 8 nitrogen and oxygen atoms in total. The Morgan fingerprint density at radius 1 is 1.00 bits per heavy atom. The standard InChI is InChI=1S/C25H27N3O5S/c1-19(29)28-14-12-25(13-15-28,20-7-3-2-4-8-20)24(30)27-21-9-5-11-23(17-21)34(31,32)26-18-22-10-6-16-33-22/h2-11,16-17,26H,12-15,18H2,1H3,(H,27,30). The molecule has 0 bridgehead atoms. The highest BCUT2D eigenvalue weighted by atomic mass is 32.2. The number of benzene rings is 2. The minimum absolute atomic E-state index is 0.0120. The molecule has 1 aromatic heterocycles. The first-order valence-corrected chi connectivity index (χ1v) is 12.5. The molecule has 1 aliphatic rings. The van der Waals surface area contributed by atoms with Gasteiger partial charge in [0.1, 0.15) is 5.76 Å². The highest BCUT2D eigenvalue weighted by molar-refractivity contribution is 7.89. The molecule has 0 saturated carbocycles. The molecule has 0 radical (unpaired) electrons. The maximum absolute atomic E-state index is 13.6. The lowest BCUT2D eigenvalue weighted by Gasteiger charge is -2.40. The number of amides is 2. The molecule has 2 N–H and O–H groups in total. The van der Waals surface area contributed by atoms with Gasteiger partial charge in [-0.25, -0.2) is 13.1 Å². The Bertz CT molecular complexity index is 1250. The quantitative estimate of drug-likeness (QED) is 0.538. The Balaban J connectivity index is 1.55. The zero-order chi connectivity index (χ0) is 24.2. The Hall–Kier alpha value is -3.43. The van der Waals surface area contributed by atoms with Gasteiger partial charge in [-0.05, 0) is 48.7 Å². The van der Waals surface area contributed by atoms with E-state index in [9.17, 15) is 18.0 Å². The van der Waals surface area contributed by atoms with Gasteiger partial charge in [0.25, 0.3) is 0 Å². The van der Waals surface area contributed by atoms with E-state index in [1.54, 1.807) is 29.2 Å². The molecule has 2 heterocycles. The van der Waals surface area contributed by atoms with Crippen molar-refractivity contribution >= 4 is 27.5 Å². The van der Waals surface area contributed by atoms with Crippen molar-refractivity contribution in [1.82, 2.24) is 9.62 Å². The number of rotatable bonds is 7. The lowest BCUT2D eigenvalue weighted by Crippen LogP contribution is -2.50. The fourth-order valence-electron chi connectivity index (χ4n) is 4.26. The fourth-order valence-corrected chi connectivity index (χ4v) is 5.30. The van der Waals surface area contributed by atoms with Crippen LogP contribution in [0.25, 0.3) is 0 Å². The maximum Gasteiger partial charge on any atom is 0.241 e. The summed E-state index contributed by atoms with van der Waals surface area (Å²) in [7, 11) is -3.81. The van der Waals surface area contributed by atoms with Gasteiger partial charge in [-0.2, -0.15) is 0 Å². The minimum atomic E-state index is -3.81. The number of sulfonamides is 1. The number of nitrogens with one attached hydrogen (secondary N) is 2. The molecule has 3 aromatic rings. The highest BCUT2D eigenvalue weighted by Crippen LogP contribution is 2.37. The SMILES string of the molecule is CC(=O)N1CCC(C(=O)Nc2cccc(S(=O)(=O)NCc3ccco3)c2)(c2ccccc2)CC1. The highest BCUT2D eigenvalue weighted by Gasteiger charge is 2.43. The molecule has 0 aliphatic carbocycles. The monoisotopic (exact) mass is 481 g/mol. The van der Waals surface area contributed by atoms with E-state index in [1.165, 1.54) is 25.3 Å². The molecule has 0 atom stereocenters. The Morgan fingerprint density at radius 3 is 2.38 bits per heavy atom. The number of piperidine rings is 1. The molecular formula is C25H27N3O5S. The van der Waals surface area contributed by atoms with Gasteiger partial charge < -0.3 is 14.6 Å². The van der Waals surface area contributed by atoms with Gasteiger partial charge in [-0.1, -0.05) is 36.4 Å². The molecule has 4 rings (SSSR count). The summed E-state index contributed by atoms with van der Waals surface area (Å²) in [6, 6.07) is 19.0. The molecule has 2 aromatic carbocycles. The Labute approximate surface area is 199 Å².